The van der Waals surface area contributed by atoms with Crippen molar-refractivity contribution in [3.8, 4) is 5.75 Å². The highest BCUT2D eigenvalue weighted by Crippen LogP contribution is 2.31. The van der Waals surface area contributed by atoms with Crippen LogP contribution in [0.2, 0.25) is 0 Å². The smallest absolute Gasteiger partial charge is 0.251 e. The number of carbonyl (C=O) groups is 2. The number of benzene rings is 2. The lowest BCUT2D eigenvalue weighted by Crippen LogP contribution is -2.52. The SMILES string of the molecule is COc1ccccc1N1CCN(C2CC(=O)N(c3ccc(F)cc3F)C2=O)CC1. The van der Waals surface area contributed by atoms with Crippen molar-refractivity contribution in [2.75, 3.05) is 43.1 Å². The molecule has 0 saturated carbocycles. The molecule has 0 aliphatic carbocycles. The van der Waals surface area contributed by atoms with Gasteiger partial charge in [-0.05, 0) is 24.3 Å². The number of imide groups is 1. The number of amides is 2. The number of nitrogens with zero attached hydrogens (tertiary/aromatic N) is 3. The fourth-order valence-corrected chi connectivity index (χ4v) is 3.98. The van der Waals surface area contributed by atoms with Gasteiger partial charge in [-0.15, -0.1) is 0 Å². The van der Waals surface area contributed by atoms with E-state index in [0.29, 0.717) is 32.2 Å². The number of piperazine rings is 1. The summed E-state index contributed by atoms with van der Waals surface area (Å²) in [6, 6.07) is 9.94. The lowest BCUT2D eigenvalue weighted by atomic mass is 10.1. The van der Waals surface area contributed by atoms with E-state index in [1.807, 2.05) is 29.2 Å². The standard InChI is InChI=1S/C21H21F2N3O3/c1-29-19-5-3-2-4-17(19)24-8-10-25(11-9-24)18-13-20(27)26(21(18)28)16-7-6-14(22)12-15(16)23/h2-7,12,18H,8-11,13H2,1H3. The zero-order valence-corrected chi connectivity index (χ0v) is 16.0. The molecule has 29 heavy (non-hydrogen) atoms. The summed E-state index contributed by atoms with van der Waals surface area (Å²) in [5, 5.41) is 0. The Morgan fingerprint density at radius 1 is 0.966 bits per heavy atom. The molecule has 2 saturated heterocycles. The van der Waals surface area contributed by atoms with Crippen LogP contribution in [0.25, 0.3) is 0 Å². The third-order valence-electron chi connectivity index (χ3n) is 5.45. The molecular weight excluding hydrogens is 380 g/mol. The number of halogens is 2. The molecular formula is C21H21F2N3O3. The summed E-state index contributed by atoms with van der Waals surface area (Å²) < 4.78 is 32.7. The molecule has 2 amide bonds. The van der Waals surface area contributed by atoms with Crippen molar-refractivity contribution in [2.24, 2.45) is 0 Å². The van der Waals surface area contributed by atoms with Gasteiger partial charge in [0.15, 0.2) is 0 Å². The molecule has 2 aliphatic heterocycles. The average molecular weight is 401 g/mol. The number of rotatable bonds is 4. The van der Waals surface area contributed by atoms with E-state index in [0.717, 1.165) is 28.5 Å². The van der Waals surface area contributed by atoms with Gasteiger partial charge in [-0.3, -0.25) is 14.5 Å². The number of anilines is 2. The van der Waals surface area contributed by atoms with E-state index in [2.05, 4.69) is 4.90 Å². The number of hydrogen-bond acceptors (Lipinski definition) is 5. The van der Waals surface area contributed by atoms with Gasteiger partial charge in [-0.1, -0.05) is 12.1 Å². The summed E-state index contributed by atoms with van der Waals surface area (Å²) in [5.74, 6) is -1.84. The molecule has 8 heteroatoms. The second-order valence-electron chi connectivity index (χ2n) is 7.08. The summed E-state index contributed by atoms with van der Waals surface area (Å²) in [7, 11) is 1.63. The minimum Gasteiger partial charge on any atom is -0.495 e. The molecule has 2 aliphatic rings. The molecule has 0 bridgehead atoms. The third kappa shape index (κ3) is 3.55. The maximum atomic E-state index is 14.1. The van der Waals surface area contributed by atoms with Crippen molar-refractivity contribution in [2.45, 2.75) is 12.5 Å². The highest BCUT2D eigenvalue weighted by molar-refractivity contribution is 6.22. The van der Waals surface area contributed by atoms with Gasteiger partial charge in [0.05, 0.1) is 30.9 Å². The highest BCUT2D eigenvalue weighted by Gasteiger charge is 2.44. The van der Waals surface area contributed by atoms with Crippen LogP contribution in [0.5, 0.6) is 5.75 Å². The van der Waals surface area contributed by atoms with Gasteiger partial charge in [-0.2, -0.15) is 0 Å². The van der Waals surface area contributed by atoms with Crippen LogP contribution in [-0.4, -0.2) is 56.0 Å². The summed E-state index contributed by atoms with van der Waals surface area (Å²) in [4.78, 5) is 30.3. The Morgan fingerprint density at radius 3 is 2.38 bits per heavy atom. The average Bonchev–Trinajstić information content (AvgIpc) is 3.02. The monoisotopic (exact) mass is 401 g/mol. The number of carbonyl (C=O) groups excluding carboxylic acids is 2. The molecule has 1 unspecified atom stereocenters. The molecule has 0 aromatic heterocycles. The lowest BCUT2D eigenvalue weighted by Gasteiger charge is -2.38. The molecule has 0 radical (unpaired) electrons. The molecule has 6 nitrogen and oxygen atoms in total. The topological polar surface area (TPSA) is 53.1 Å². The van der Waals surface area contributed by atoms with Crippen LogP contribution in [-0.2, 0) is 9.59 Å². The zero-order valence-electron chi connectivity index (χ0n) is 16.0. The minimum atomic E-state index is -0.923. The Labute approximate surface area is 167 Å². The normalized spacial score (nSPS) is 20.4. The molecule has 0 N–H and O–H groups in total. The molecule has 2 heterocycles. The Morgan fingerprint density at radius 2 is 1.69 bits per heavy atom. The number of ether oxygens (including phenoxy) is 1. The highest BCUT2D eigenvalue weighted by atomic mass is 19.1. The van der Waals surface area contributed by atoms with Crippen LogP contribution in [0.4, 0.5) is 20.2 Å². The molecule has 2 aromatic rings. The van der Waals surface area contributed by atoms with Gasteiger partial charge in [0.25, 0.3) is 5.91 Å². The van der Waals surface area contributed by atoms with E-state index in [9.17, 15) is 18.4 Å². The summed E-state index contributed by atoms with van der Waals surface area (Å²) in [6.07, 6.45) is -0.00962. The maximum absolute atomic E-state index is 14.1. The van der Waals surface area contributed by atoms with E-state index < -0.39 is 29.5 Å². The van der Waals surface area contributed by atoms with E-state index in [1.165, 1.54) is 0 Å². The van der Waals surface area contributed by atoms with Crippen LogP contribution >= 0.6 is 0 Å². The van der Waals surface area contributed by atoms with E-state index in [4.69, 9.17) is 4.74 Å². The van der Waals surface area contributed by atoms with E-state index >= 15 is 0 Å². The predicted molar refractivity (Wildman–Crippen MR) is 104 cm³/mol. The Kier molecular flexibility index (Phi) is 5.19. The summed E-state index contributed by atoms with van der Waals surface area (Å²) in [6.45, 7) is 2.51. The van der Waals surface area contributed by atoms with Crippen molar-refractivity contribution in [1.29, 1.82) is 0 Å². The van der Waals surface area contributed by atoms with Crippen molar-refractivity contribution in [3.05, 3.63) is 54.1 Å². The van der Waals surface area contributed by atoms with Crippen LogP contribution in [0.1, 0.15) is 6.42 Å². The molecule has 2 fully saturated rings. The van der Waals surface area contributed by atoms with Gasteiger partial charge in [0.1, 0.15) is 17.4 Å². The fourth-order valence-electron chi connectivity index (χ4n) is 3.98. The number of para-hydroxylation sites is 2. The van der Waals surface area contributed by atoms with Crippen LogP contribution in [0, 0.1) is 11.6 Å². The molecule has 4 rings (SSSR count). The Bertz CT molecular complexity index is 945. The van der Waals surface area contributed by atoms with Crippen molar-refractivity contribution >= 4 is 23.2 Å². The van der Waals surface area contributed by atoms with Crippen LogP contribution < -0.4 is 14.5 Å². The first-order valence-corrected chi connectivity index (χ1v) is 9.43. The first-order chi connectivity index (χ1) is 14.0. The van der Waals surface area contributed by atoms with Crippen molar-refractivity contribution in [1.82, 2.24) is 4.90 Å². The summed E-state index contributed by atoms with van der Waals surface area (Å²) in [5.41, 5.74) is 0.787. The Hall–Kier alpha value is -3.00. The third-order valence-corrected chi connectivity index (χ3v) is 5.45. The van der Waals surface area contributed by atoms with Gasteiger partial charge in [0, 0.05) is 32.2 Å². The summed E-state index contributed by atoms with van der Waals surface area (Å²) >= 11 is 0. The van der Waals surface area contributed by atoms with Crippen molar-refractivity contribution < 1.29 is 23.1 Å². The van der Waals surface area contributed by atoms with E-state index in [1.54, 1.807) is 7.11 Å². The molecule has 152 valence electrons. The van der Waals surface area contributed by atoms with Crippen molar-refractivity contribution in [3.63, 3.8) is 0 Å². The maximum Gasteiger partial charge on any atom is 0.251 e. The van der Waals surface area contributed by atoms with Gasteiger partial charge in [-0.25, -0.2) is 13.7 Å². The van der Waals surface area contributed by atoms with Gasteiger partial charge >= 0.3 is 0 Å². The van der Waals surface area contributed by atoms with Gasteiger partial charge in [0.2, 0.25) is 5.91 Å². The van der Waals surface area contributed by atoms with Gasteiger partial charge < -0.3 is 9.64 Å². The zero-order chi connectivity index (χ0) is 20.5. The first-order valence-electron chi connectivity index (χ1n) is 9.43. The first kappa shape index (κ1) is 19.3. The molecule has 1 atom stereocenters. The lowest BCUT2D eigenvalue weighted by molar-refractivity contribution is -0.123. The minimum absolute atomic E-state index is 0.00962. The second kappa shape index (κ2) is 7.79. The number of methoxy groups -OCH3 is 1. The second-order valence-corrected chi connectivity index (χ2v) is 7.08. The quantitative estimate of drug-likeness (QED) is 0.737. The fraction of sp³-hybridized carbons (Fsp3) is 0.333. The predicted octanol–water partition coefficient (Wildman–Crippen LogP) is 2.43. The molecule has 2 aromatic carbocycles. The number of hydrogen-bond donors (Lipinski definition) is 0. The van der Waals surface area contributed by atoms with E-state index in [-0.39, 0.29) is 12.1 Å². The van der Waals surface area contributed by atoms with Crippen LogP contribution in [0.3, 0.4) is 0 Å². The largest absolute Gasteiger partial charge is 0.495 e. The Balaban J connectivity index is 1.47. The van der Waals surface area contributed by atoms with Crippen LogP contribution in [0.15, 0.2) is 42.5 Å². The molecule has 0 spiro atoms.